The van der Waals surface area contributed by atoms with Crippen molar-refractivity contribution in [3.8, 4) is 0 Å². The lowest BCUT2D eigenvalue weighted by Gasteiger charge is -2.18. The van der Waals surface area contributed by atoms with Crippen molar-refractivity contribution in [1.82, 2.24) is 4.98 Å². The lowest BCUT2D eigenvalue weighted by molar-refractivity contribution is 0.590. The van der Waals surface area contributed by atoms with Gasteiger partial charge in [-0.3, -0.25) is 0 Å². The van der Waals surface area contributed by atoms with Gasteiger partial charge in [-0.25, -0.2) is 0 Å². The van der Waals surface area contributed by atoms with Crippen LogP contribution in [0.4, 0.5) is 0 Å². The second kappa shape index (κ2) is 5.38. The number of aromatic nitrogens is 1. The number of nitrogens with zero attached hydrogens (tertiary/aromatic N) is 1. The molecule has 3 nitrogen and oxygen atoms in total. The molecular weight excluding hydrogens is 346 g/mol. The first kappa shape index (κ1) is 17.3. The van der Waals surface area contributed by atoms with E-state index in [0.717, 1.165) is 32.7 Å². The third-order valence-electron chi connectivity index (χ3n) is 5.64. The Morgan fingerprint density at radius 3 is 1.39 bits per heavy atom. The zero-order valence-electron chi connectivity index (χ0n) is 17.3. The van der Waals surface area contributed by atoms with E-state index in [2.05, 4.69) is 84.0 Å². The van der Waals surface area contributed by atoms with Crippen LogP contribution in [0.25, 0.3) is 44.1 Å². The molecular formula is C25H25NO2. The molecule has 28 heavy (non-hydrogen) atoms. The van der Waals surface area contributed by atoms with E-state index in [-0.39, 0.29) is 10.8 Å². The lowest BCUT2D eigenvalue weighted by Crippen LogP contribution is -2.10. The average Bonchev–Trinajstić information content (AvgIpc) is 3.14. The minimum absolute atomic E-state index is 0.0826. The zero-order chi connectivity index (χ0) is 19.8. The van der Waals surface area contributed by atoms with Gasteiger partial charge in [0.05, 0.1) is 0 Å². The summed E-state index contributed by atoms with van der Waals surface area (Å²) in [5.74, 6) is 0. The monoisotopic (exact) mass is 371 g/mol. The van der Waals surface area contributed by atoms with E-state index >= 15 is 0 Å². The molecule has 2 aromatic carbocycles. The Morgan fingerprint density at radius 1 is 0.571 bits per heavy atom. The van der Waals surface area contributed by atoms with Gasteiger partial charge in [0.25, 0.3) is 0 Å². The minimum Gasteiger partial charge on any atom is -0.438 e. The molecule has 0 unspecified atom stereocenters. The quantitative estimate of drug-likeness (QED) is 0.283. The maximum absolute atomic E-state index is 6.03. The molecule has 0 atom stereocenters. The molecule has 142 valence electrons. The molecule has 0 saturated carbocycles. The fourth-order valence-corrected chi connectivity index (χ4v) is 3.82. The van der Waals surface area contributed by atoms with E-state index in [1.807, 2.05) is 0 Å². The number of fused-ring (bicyclic) bond motifs is 6. The molecule has 3 aromatic heterocycles. The molecule has 3 heteroatoms. The molecule has 3 heterocycles. The van der Waals surface area contributed by atoms with E-state index in [1.54, 1.807) is 0 Å². The van der Waals surface area contributed by atoms with Crippen molar-refractivity contribution >= 4 is 44.1 Å². The molecule has 5 rings (SSSR count). The summed E-state index contributed by atoms with van der Waals surface area (Å²) in [6, 6.07) is 15.0. The first-order valence-corrected chi connectivity index (χ1v) is 9.82. The summed E-state index contributed by atoms with van der Waals surface area (Å²) in [5.41, 5.74) is 5.72. The van der Waals surface area contributed by atoms with Crippen LogP contribution in [-0.4, -0.2) is 4.98 Å². The number of hydrogen-bond donors (Lipinski definition) is 0. The highest BCUT2D eigenvalue weighted by Gasteiger charge is 2.20. The largest absolute Gasteiger partial charge is 0.438 e. The van der Waals surface area contributed by atoms with Crippen LogP contribution in [-0.2, 0) is 10.8 Å². The van der Waals surface area contributed by atoms with Gasteiger partial charge < -0.3 is 8.83 Å². The van der Waals surface area contributed by atoms with E-state index < -0.39 is 0 Å². The summed E-state index contributed by atoms with van der Waals surface area (Å²) in [4.78, 5) is 4.70. The molecule has 0 aliphatic rings. The molecule has 5 aromatic rings. The summed E-state index contributed by atoms with van der Waals surface area (Å²) in [6.45, 7) is 13.4. The normalized spacial score (nSPS) is 13.4. The van der Waals surface area contributed by atoms with Crippen molar-refractivity contribution in [3.05, 3.63) is 53.6 Å². The average molecular weight is 371 g/mol. The summed E-state index contributed by atoms with van der Waals surface area (Å²) >= 11 is 0. The van der Waals surface area contributed by atoms with Gasteiger partial charge in [0.1, 0.15) is 11.2 Å². The standard InChI is InChI=1S/C25H25NO2/c1-24(2,3)14-7-9-20-16(11-14)18-13-19-17-12-15(25(4,5)6)8-10-21(17)28-23(19)26-22(18)27-20/h7-13H,1-6H3. The van der Waals surface area contributed by atoms with Crippen LogP contribution in [0.2, 0.25) is 0 Å². The Kier molecular flexibility index (Phi) is 3.32. The number of hydrogen-bond acceptors (Lipinski definition) is 3. The lowest BCUT2D eigenvalue weighted by atomic mass is 9.86. The van der Waals surface area contributed by atoms with Gasteiger partial charge in [-0.15, -0.1) is 0 Å². The van der Waals surface area contributed by atoms with Crippen LogP contribution in [0.15, 0.2) is 51.3 Å². The molecule has 0 radical (unpaired) electrons. The highest BCUT2D eigenvalue weighted by atomic mass is 16.4. The summed E-state index contributed by atoms with van der Waals surface area (Å²) in [6.07, 6.45) is 0. The third kappa shape index (κ3) is 2.53. The topological polar surface area (TPSA) is 39.2 Å². The van der Waals surface area contributed by atoms with E-state index in [4.69, 9.17) is 13.8 Å². The smallest absolute Gasteiger partial charge is 0.230 e. The Hall–Kier alpha value is -2.81. The molecule has 0 aliphatic heterocycles. The van der Waals surface area contributed by atoms with Crippen LogP contribution in [0.3, 0.4) is 0 Å². The fourth-order valence-electron chi connectivity index (χ4n) is 3.82. The molecule has 0 saturated heterocycles. The Balaban J connectivity index is 1.85. The number of pyridine rings is 1. The van der Waals surface area contributed by atoms with Gasteiger partial charge >= 0.3 is 0 Å². The molecule has 0 N–H and O–H groups in total. The number of furan rings is 2. The Labute approximate surface area is 164 Å². The maximum Gasteiger partial charge on any atom is 0.230 e. The van der Waals surface area contributed by atoms with Gasteiger partial charge in [-0.1, -0.05) is 53.7 Å². The Bertz CT molecular complexity index is 1270. The number of benzene rings is 2. The first-order valence-electron chi connectivity index (χ1n) is 9.82. The second-order valence-corrected chi connectivity index (χ2v) is 9.82. The van der Waals surface area contributed by atoms with Gasteiger partial charge in [0.15, 0.2) is 0 Å². The van der Waals surface area contributed by atoms with E-state index in [9.17, 15) is 0 Å². The zero-order valence-corrected chi connectivity index (χ0v) is 17.3. The molecule has 0 fully saturated rings. The molecule has 0 aliphatic carbocycles. The molecule has 0 spiro atoms. The van der Waals surface area contributed by atoms with Crippen molar-refractivity contribution in [1.29, 1.82) is 0 Å². The predicted octanol–water partition coefficient (Wildman–Crippen LogP) is 7.48. The number of rotatable bonds is 0. The van der Waals surface area contributed by atoms with Crippen LogP contribution in [0.5, 0.6) is 0 Å². The van der Waals surface area contributed by atoms with Crippen LogP contribution in [0.1, 0.15) is 52.7 Å². The minimum atomic E-state index is 0.0826. The van der Waals surface area contributed by atoms with Crippen LogP contribution >= 0.6 is 0 Å². The van der Waals surface area contributed by atoms with Gasteiger partial charge in [0, 0.05) is 21.5 Å². The van der Waals surface area contributed by atoms with E-state index in [0.29, 0.717) is 11.4 Å². The summed E-state index contributed by atoms with van der Waals surface area (Å²) in [5, 5.41) is 4.30. The molecule has 0 amide bonds. The van der Waals surface area contributed by atoms with Crippen molar-refractivity contribution in [3.63, 3.8) is 0 Å². The SMILES string of the molecule is CC(C)(C)c1ccc2oc3nc4oc5ccc(C(C)(C)C)cc5c4cc3c2c1. The predicted molar refractivity (Wildman–Crippen MR) is 116 cm³/mol. The fraction of sp³-hybridized carbons (Fsp3) is 0.320. The van der Waals surface area contributed by atoms with Gasteiger partial charge in [-0.2, -0.15) is 4.98 Å². The first-order chi connectivity index (χ1) is 13.1. The summed E-state index contributed by atoms with van der Waals surface area (Å²) in [7, 11) is 0. The van der Waals surface area contributed by atoms with Gasteiger partial charge in [-0.05, 0) is 52.3 Å². The van der Waals surface area contributed by atoms with Crippen molar-refractivity contribution < 1.29 is 8.83 Å². The highest BCUT2D eigenvalue weighted by molar-refractivity contribution is 6.12. The van der Waals surface area contributed by atoms with Crippen molar-refractivity contribution in [2.24, 2.45) is 0 Å². The summed E-state index contributed by atoms with van der Waals surface area (Å²) < 4.78 is 12.1. The maximum atomic E-state index is 6.03. The Morgan fingerprint density at radius 2 is 1.00 bits per heavy atom. The molecule has 0 bridgehead atoms. The van der Waals surface area contributed by atoms with E-state index in [1.165, 1.54) is 11.1 Å². The van der Waals surface area contributed by atoms with Crippen molar-refractivity contribution in [2.75, 3.05) is 0 Å². The highest BCUT2D eigenvalue weighted by Crippen LogP contribution is 2.37. The third-order valence-corrected chi connectivity index (χ3v) is 5.64. The van der Waals surface area contributed by atoms with Crippen molar-refractivity contribution in [2.45, 2.75) is 52.4 Å². The van der Waals surface area contributed by atoms with Crippen LogP contribution < -0.4 is 0 Å². The van der Waals surface area contributed by atoms with Crippen LogP contribution in [0, 0.1) is 0 Å². The van der Waals surface area contributed by atoms with Gasteiger partial charge in [0.2, 0.25) is 11.4 Å². The second-order valence-electron chi connectivity index (χ2n) is 9.82.